The van der Waals surface area contributed by atoms with Crippen molar-refractivity contribution in [2.75, 3.05) is 18.4 Å². The highest BCUT2D eigenvalue weighted by molar-refractivity contribution is 9.09. The zero-order chi connectivity index (χ0) is 11.4. The van der Waals surface area contributed by atoms with Crippen LogP contribution >= 0.6 is 15.9 Å². The second-order valence-electron chi connectivity index (χ2n) is 4.17. The molecule has 1 aliphatic rings. The summed E-state index contributed by atoms with van der Waals surface area (Å²) in [6, 6.07) is 4.00. The molecule has 0 radical (unpaired) electrons. The van der Waals surface area contributed by atoms with Crippen LogP contribution in [0.2, 0.25) is 0 Å². The molecule has 1 aromatic rings. The van der Waals surface area contributed by atoms with Crippen molar-refractivity contribution < 1.29 is 4.79 Å². The van der Waals surface area contributed by atoms with Gasteiger partial charge in [0.1, 0.15) is 0 Å². The third-order valence-corrected chi connectivity index (χ3v) is 3.85. The molecule has 0 spiro atoms. The monoisotopic (exact) mass is 282 g/mol. The Morgan fingerprint density at radius 3 is 2.81 bits per heavy atom. The summed E-state index contributed by atoms with van der Waals surface area (Å²) in [5.74, 6) is 0.781. The van der Waals surface area contributed by atoms with Gasteiger partial charge in [-0.3, -0.25) is 9.78 Å². The topological polar surface area (TPSA) is 33.2 Å². The fraction of sp³-hybridized carbons (Fsp3) is 0.500. The van der Waals surface area contributed by atoms with Gasteiger partial charge >= 0.3 is 0 Å². The van der Waals surface area contributed by atoms with Crippen LogP contribution in [0.4, 0.5) is 0 Å². The Balaban J connectivity index is 1.85. The lowest BCUT2D eigenvalue weighted by atomic mass is 10.2. The Morgan fingerprint density at radius 1 is 1.44 bits per heavy atom. The van der Waals surface area contributed by atoms with Gasteiger partial charge in [0.15, 0.2) is 0 Å². The quantitative estimate of drug-likeness (QED) is 0.790. The number of hydrogen-bond acceptors (Lipinski definition) is 2. The SMILES string of the molecule is O=C1CC(CBr)CN1CCc1ccncc1. The summed E-state index contributed by atoms with van der Waals surface area (Å²) in [5, 5.41) is 0.921. The number of hydrogen-bond donors (Lipinski definition) is 0. The average Bonchev–Trinajstić information content (AvgIpc) is 2.69. The van der Waals surface area contributed by atoms with Crippen LogP contribution in [-0.4, -0.2) is 34.2 Å². The van der Waals surface area contributed by atoms with Crippen LogP contribution in [0.3, 0.4) is 0 Å². The lowest BCUT2D eigenvalue weighted by molar-refractivity contribution is -0.127. The predicted molar refractivity (Wildman–Crippen MR) is 66.4 cm³/mol. The van der Waals surface area contributed by atoms with Crippen LogP contribution in [0.5, 0.6) is 0 Å². The predicted octanol–water partition coefficient (Wildman–Crippen LogP) is 1.87. The maximum atomic E-state index is 11.7. The number of amides is 1. The van der Waals surface area contributed by atoms with E-state index in [9.17, 15) is 4.79 Å². The molecule has 0 aliphatic carbocycles. The fourth-order valence-electron chi connectivity index (χ4n) is 1.99. The smallest absolute Gasteiger partial charge is 0.222 e. The maximum absolute atomic E-state index is 11.7. The number of carbonyl (C=O) groups excluding carboxylic acids is 1. The Hall–Kier alpha value is -0.900. The van der Waals surface area contributed by atoms with E-state index in [2.05, 4.69) is 20.9 Å². The zero-order valence-corrected chi connectivity index (χ0v) is 10.7. The number of halogens is 1. The lowest BCUT2D eigenvalue weighted by Gasteiger charge is -2.15. The Bertz CT molecular complexity index is 355. The van der Waals surface area contributed by atoms with Crippen molar-refractivity contribution in [3.8, 4) is 0 Å². The van der Waals surface area contributed by atoms with Crippen molar-refractivity contribution >= 4 is 21.8 Å². The molecule has 1 saturated heterocycles. The first-order chi connectivity index (χ1) is 7.79. The fourth-order valence-corrected chi connectivity index (χ4v) is 2.42. The summed E-state index contributed by atoms with van der Waals surface area (Å²) < 4.78 is 0. The van der Waals surface area contributed by atoms with Gasteiger partial charge in [0.05, 0.1) is 0 Å². The molecule has 2 heterocycles. The molecule has 1 amide bonds. The van der Waals surface area contributed by atoms with Gasteiger partial charge in [-0.15, -0.1) is 0 Å². The molecule has 4 heteroatoms. The third-order valence-electron chi connectivity index (χ3n) is 2.93. The van der Waals surface area contributed by atoms with Crippen LogP contribution in [-0.2, 0) is 11.2 Å². The first-order valence-corrected chi connectivity index (χ1v) is 6.64. The van der Waals surface area contributed by atoms with E-state index in [1.54, 1.807) is 12.4 Å². The molecule has 1 unspecified atom stereocenters. The minimum Gasteiger partial charge on any atom is -0.342 e. The van der Waals surface area contributed by atoms with Gasteiger partial charge in [0, 0.05) is 37.2 Å². The number of alkyl halides is 1. The van der Waals surface area contributed by atoms with Gasteiger partial charge in [-0.25, -0.2) is 0 Å². The molecule has 1 aliphatic heterocycles. The van der Waals surface area contributed by atoms with Crippen LogP contribution in [0.1, 0.15) is 12.0 Å². The number of carbonyl (C=O) groups is 1. The third kappa shape index (κ3) is 2.82. The first kappa shape index (κ1) is 11.6. The van der Waals surface area contributed by atoms with E-state index < -0.39 is 0 Å². The van der Waals surface area contributed by atoms with Gasteiger partial charge in [-0.2, -0.15) is 0 Å². The lowest BCUT2D eigenvalue weighted by Crippen LogP contribution is -2.27. The van der Waals surface area contributed by atoms with Crippen molar-refractivity contribution in [1.29, 1.82) is 0 Å². The van der Waals surface area contributed by atoms with E-state index in [-0.39, 0.29) is 0 Å². The molecule has 0 aromatic carbocycles. The summed E-state index contributed by atoms with van der Waals surface area (Å²) in [6.45, 7) is 1.72. The number of likely N-dealkylation sites (tertiary alicyclic amines) is 1. The van der Waals surface area contributed by atoms with Crippen LogP contribution < -0.4 is 0 Å². The van der Waals surface area contributed by atoms with Gasteiger partial charge < -0.3 is 4.90 Å². The van der Waals surface area contributed by atoms with Gasteiger partial charge in [0.2, 0.25) is 5.91 Å². The van der Waals surface area contributed by atoms with Crippen molar-refractivity contribution in [3.63, 3.8) is 0 Å². The number of pyridine rings is 1. The van der Waals surface area contributed by atoms with Gasteiger partial charge in [-0.05, 0) is 30.0 Å². The molecule has 1 fully saturated rings. The Kier molecular flexibility index (Phi) is 3.93. The van der Waals surface area contributed by atoms with Crippen molar-refractivity contribution in [3.05, 3.63) is 30.1 Å². The van der Waals surface area contributed by atoms with Crippen molar-refractivity contribution in [2.24, 2.45) is 5.92 Å². The second kappa shape index (κ2) is 5.43. The number of aromatic nitrogens is 1. The molecule has 2 rings (SSSR count). The number of rotatable bonds is 4. The van der Waals surface area contributed by atoms with Gasteiger partial charge in [-0.1, -0.05) is 15.9 Å². The van der Waals surface area contributed by atoms with Crippen LogP contribution in [0.25, 0.3) is 0 Å². The van der Waals surface area contributed by atoms with E-state index in [1.807, 2.05) is 17.0 Å². The minimum atomic E-state index is 0.290. The van der Waals surface area contributed by atoms with Crippen molar-refractivity contribution in [1.82, 2.24) is 9.88 Å². The molecular weight excluding hydrogens is 268 g/mol. The van der Waals surface area contributed by atoms with Crippen LogP contribution in [0.15, 0.2) is 24.5 Å². The highest BCUT2D eigenvalue weighted by Crippen LogP contribution is 2.19. The molecule has 16 heavy (non-hydrogen) atoms. The number of nitrogens with zero attached hydrogens (tertiary/aromatic N) is 2. The summed E-state index contributed by atoms with van der Waals surface area (Å²) in [4.78, 5) is 17.6. The second-order valence-corrected chi connectivity index (χ2v) is 4.82. The molecule has 86 valence electrons. The summed E-state index contributed by atoms with van der Waals surface area (Å²) >= 11 is 3.44. The molecular formula is C12H15BrN2O. The maximum Gasteiger partial charge on any atom is 0.222 e. The largest absolute Gasteiger partial charge is 0.342 e. The minimum absolute atomic E-state index is 0.290. The van der Waals surface area contributed by atoms with E-state index in [4.69, 9.17) is 0 Å². The Labute approximate surface area is 104 Å². The summed E-state index contributed by atoms with van der Waals surface area (Å²) in [6.07, 6.45) is 5.20. The highest BCUT2D eigenvalue weighted by Gasteiger charge is 2.27. The molecule has 0 saturated carbocycles. The van der Waals surface area contributed by atoms with Crippen molar-refractivity contribution in [2.45, 2.75) is 12.8 Å². The van der Waals surface area contributed by atoms with E-state index >= 15 is 0 Å². The van der Waals surface area contributed by atoms with E-state index in [0.717, 1.165) is 24.8 Å². The van der Waals surface area contributed by atoms with E-state index in [1.165, 1.54) is 5.56 Å². The average molecular weight is 283 g/mol. The normalized spacial score (nSPS) is 20.4. The molecule has 3 nitrogen and oxygen atoms in total. The van der Waals surface area contributed by atoms with Crippen LogP contribution in [0, 0.1) is 5.92 Å². The standard InChI is InChI=1S/C12H15BrN2O/c13-8-11-7-12(16)15(9-11)6-3-10-1-4-14-5-2-10/h1-2,4-5,11H,3,6-9H2. The first-order valence-electron chi connectivity index (χ1n) is 5.52. The molecule has 1 aromatic heterocycles. The summed E-state index contributed by atoms with van der Waals surface area (Å²) in [5.41, 5.74) is 1.24. The summed E-state index contributed by atoms with van der Waals surface area (Å²) in [7, 11) is 0. The molecule has 0 N–H and O–H groups in total. The van der Waals surface area contributed by atoms with Gasteiger partial charge in [0.25, 0.3) is 0 Å². The molecule has 0 bridgehead atoms. The Morgan fingerprint density at radius 2 is 2.19 bits per heavy atom. The molecule has 1 atom stereocenters. The highest BCUT2D eigenvalue weighted by atomic mass is 79.9. The zero-order valence-electron chi connectivity index (χ0n) is 9.10. The van der Waals surface area contributed by atoms with E-state index in [0.29, 0.717) is 18.2 Å².